The van der Waals surface area contributed by atoms with Gasteiger partial charge in [0, 0.05) is 0 Å². The van der Waals surface area contributed by atoms with E-state index in [1.165, 1.54) is 98.8 Å². The molecule has 0 atom stereocenters. The van der Waals surface area contributed by atoms with E-state index in [1.807, 2.05) is 0 Å². The third-order valence-corrected chi connectivity index (χ3v) is 9.77. The second kappa shape index (κ2) is 8.89. The summed E-state index contributed by atoms with van der Waals surface area (Å²) in [6.45, 7) is 0. The van der Waals surface area contributed by atoms with E-state index >= 15 is 0 Å². The molecule has 202 valence electrons. The summed E-state index contributed by atoms with van der Waals surface area (Å²) in [6, 6.07) is 58.4. The molecular weight excluding hydrogens is 528 g/mol. The molecule has 0 N–H and O–H groups in total. The van der Waals surface area contributed by atoms with Crippen LogP contribution in [0, 0.1) is 0 Å². The summed E-state index contributed by atoms with van der Waals surface area (Å²) in [5.74, 6) is 0. The van der Waals surface area contributed by atoms with Crippen LogP contribution in [0.2, 0.25) is 0 Å². The predicted octanol–water partition coefficient (Wildman–Crippen LogP) is 11.5. The Bertz CT molecular complexity index is 2550. The minimum absolute atomic E-state index is 1.27. The van der Waals surface area contributed by atoms with Gasteiger partial charge in [0.15, 0.2) is 0 Å². The molecule has 0 aliphatic heterocycles. The highest BCUT2D eigenvalue weighted by atomic mass is 14.4. The molecule has 0 heterocycles. The van der Waals surface area contributed by atoms with Crippen LogP contribution in [0.25, 0.3) is 65.4 Å². The predicted molar refractivity (Wildman–Crippen MR) is 188 cm³/mol. The molecule has 2 aliphatic rings. The van der Waals surface area contributed by atoms with Gasteiger partial charge in [0.25, 0.3) is 0 Å². The van der Waals surface area contributed by atoms with E-state index in [-0.39, 0.29) is 0 Å². The van der Waals surface area contributed by atoms with Gasteiger partial charge in [-0.05, 0) is 105 Å². The van der Waals surface area contributed by atoms with Crippen molar-refractivity contribution in [2.75, 3.05) is 0 Å². The molecule has 8 aromatic rings. The number of allylic oxidation sites excluding steroid dienone is 2. The first-order valence-electron chi connectivity index (χ1n) is 15.4. The van der Waals surface area contributed by atoms with E-state index < -0.39 is 0 Å². The minimum atomic E-state index is 1.27. The Morgan fingerprint density at radius 1 is 0.227 bits per heavy atom. The van der Waals surface area contributed by atoms with Crippen molar-refractivity contribution in [1.82, 2.24) is 0 Å². The standard InChI is InChI=1S/C44H26/c1-2-14-29-27(12-1)13-11-23-35(29)42-37-20-8-10-22-39(37)43-41(36-19-7-9-21-38(36)44(42)43)28-24-25-34-32-17-4-3-15-30(32)31-16-5-6-18-33(31)40(34)26-28/h1-26H. The van der Waals surface area contributed by atoms with Crippen LogP contribution in [0.4, 0.5) is 0 Å². The first-order chi connectivity index (χ1) is 21.9. The summed E-state index contributed by atoms with van der Waals surface area (Å²) in [7, 11) is 0. The average molecular weight is 555 g/mol. The van der Waals surface area contributed by atoms with Gasteiger partial charge in [0.1, 0.15) is 0 Å². The SMILES string of the molecule is c1ccc2c(c1)C1=C(c3cccc4ccccc34)c3ccccc3C1=C2c1ccc2c3ccccc3c3ccccc3c2c1. The molecule has 0 heteroatoms. The zero-order valence-electron chi connectivity index (χ0n) is 24.0. The van der Waals surface area contributed by atoms with E-state index in [2.05, 4.69) is 158 Å². The van der Waals surface area contributed by atoms with Gasteiger partial charge in [-0.3, -0.25) is 0 Å². The summed E-state index contributed by atoms with van der Waals surface area (Å²) >= 11 is 0. The Morgan fingerprint density at radius 3 is 1.27 bits per heavy atom. The first-order valence-corrected chi connectivity index (χ1v) is 15.4. The summed E-state index contributed by atoms with van der Waals surface area (Å²) in [5.41, 5.74) is 13.2. The van der Waals surface area contributed by atoms with Gasteiger partial charge in [0.2, 0.25) is 0 Å². The quantitative estimate of drug-likeness (QED) is 0.186. The maximum absolute atomic E-state index is 2.45. The molecule has 8 aromatic carbocycles. The Labute approximate surface area is 255 Å². The van der Waals surface area contributed by atoms with E-state index in [4.69, 9.17) is 0 Å². The van der Waals surface area contributed by atoms with Crippen molar-refractivity contribution in [3.8, 4) is 0 Å². The second-order valence-electron chi connectivity index (χ2n) is 12.0. The van der Waals surface area contributed by atoms with Gasteiger partial charge < -0.3 is 0 Å². The van der Waals surface area contributed by atoms with Crippen LogP contribution < -0.4 is 0 Å². The van der Waals surface area contributed by atoms with Gasteiger partial charge in [-0.25, -0.2) is 0 Å². The zero-order chi connectivity index (χ0) is 28.8. The first kappa shape index (κ1) is 23.8. The molecule has 10 rings (SSSR count). The van der Waals surface area contributed by atoms with Gasteiger partial charge in [-0.15, -0.1) is 0 Å². The molecule has 0 bridgehead atoms. The maximum atomic E-state index is 2.45. The van der Waals surface area contributed by atoms with Crippen LogP contribution in [0.5, 0.6) is 0 Å². The van der Waals surface area contributed by atoms with Crippen molar-refractivity contribution in [2.45, 2.75) is 0 Å². The fourth-order valence-corrected chi connectivity index (χ4v) is 7.98. The maximum Gasteiger partial charge on any atom is -0.000741 e. The fraction of sp³-hybridized carbons (Fsp3) is 0. The van der Waals surface area contributed by atoms with Crippen LogP contribution in [0.15, 0.2) is 158 Å². The Kier molecular flexibility index (Phi) is 4.81. The van der Waals surface area contributed by atoms with Crippen molar-refractivity contribution in [2.24, 2.45) is 0 Å². The monoisotopic (exact) mass is 554 g/mol. The van der Waals surface area contributed by atoms with Gasteiger partial charge >= 0.3 is 0 Å². The average Bonchev–Trinajstić information content (AvgIpc) is 3.61. The van der Waals surface area contributed by atoms with Crippen molar-refractivity contribution in [3.63, 3.8) is 0 Å². The molecular formula is C44H26. The topological polar surface area (TPSA) is 0 Å². The van der Waals surface area contributed by atoms with Crippen LogP contribution >= 0.6 is 0 Å². The lowest BCUT2D eigenvalue weighted by Crippen LogP contribution is -1.93. The number of benzene rings is 8. The van der Waals surface area contributed by atoms with Crippen molar-refractivity contribution in [3.05, 3.63) is 191 Å². The summed E-state index contributed by atoms with van der Waals surface area (Å²) in [4.78, 5) is 0. The third kappa shape index (κ3) is 3.12. The molecule has 0 fully saturated rings. The van der Waals surface area contributed by atoms with Gasteiger partial charge in [-0.2, -0.15) is 0 Å². The van der Waals surface area contributed by atoms with E-state index in [1.54, 1.807) is 0 Å². The van der Waals surface area contributed by atoms with Crippen molar-refractivity contribution >= 4 is 65.4 Å². The lowest BCUT2D eigenvalue weighted by atomic mass is 9.88. The lowest BCUT2D eigenvalue weighted by molar-refractivity contribution is 1.54. The molecule has 0 radical (unpaired) electrons. The van der Waals surface area contributed by atoms with Crippen LogP contribution in [-0.4, -0.2) is 0 Å². The third-order valence-electron chi connectivity index (χ3n) is 9.77. The number of hydrogen-bond acceptors (Lipinski definition) is 0. The Morgan fingerprint density at radius 2 is 0.636 bits per heavy atom. The van der Waals surface area contributed by atoms with E-state index in [0.717, 1.165) is 0 Å². The molecule has 0 nitrogen and oxygen atoms in total. The summed E-state index contributed by atoms with van der Waals surface area (Å²) in [6.07, 6.45) is 0. The Balaban J connectivity index is 1.34. The van der Waals surface area contributed by atoms with Crippen molar-refractivity contribution < 1.29 is 0 Å². The normalized spacial score (nSPS) is 13.7. The molecule has 0 saturated carbocycles. The molecule has 44 heavy (non-hydrogen) atoms. The highest BCUT2D eigenvalue weighted by molar-refractivity contribution is 6.36. The molecule has 0 spiro atoms. The van der Waals surface area contributed by atoms with E-state index in [0.29, 0.717) is 0 Å². The number of rotatable bonds is 2. The van der Waals surface area contributed by atoms with Crippen LogP contribution in [-0.2, 0) is 0 Å². The largest absolute Gasteiger partial charge is 0.0616 e. The fourth-order valence-electron chi connectivity index (χ4n) is 7.98. The molecule has 0 unspecified atom stereocenters. The summed E-state index contributed by atoms with van der Waals surface area (Å²) < 4.78 is 0. The molecule has 0 saturated heterocycles. The number of hydrogen-bond donors (Lipinski definition) is 0. The highest BCUT2D eigenvalue weighted by Crippen LogP contribution is 2.59. The molecule has 0 aromatic heterocycles. The van der Waals surface area contributed by atoms with Gasteiger partial charge in [0.05, 0.1) is 0 Å². The van der Waals surface area contributed by atoms with E-state index in [9.17, 15) is 0 Å². The molecule has 2 aliphatic carbocycles. The van der Waals surface area contributed by atoms with Gasteiger partial charge in [-0.1, -0.05) is 152 Å². The molecule has 0 amide bonds. The van der Waals surface area contributed by atoms with Crippen LogP contribution in [0.1, 0.15) is 33.4 Å². The number of fused-ring (bicyclic) bond motifs is 12. The summed E-state index contributed by atoms with van der Waals surface area (Å²) in [5, 5.41) is 10.4. The Hall–Kier alpha value is -5.72. The lowest BCUT2D eigenvalue weighted by Gasteiger charge is -2.15. The smallest absolute Gasteiger partial charge is 0.000741 e. The minimum Gasteiger partial charge on any atom is -0.0616 e. The highest BCUT2D eigenvalue weighted by Gasteiger charge is 2.37. The van der Waals surface area contributed by atoms with Crippen LogP contribution in [0.3, 0.4) is 0 Å². The van der Waals surface area contributed by atoms with Crippen molar-refractivity contribution in [1.29, 1.82) is 0 Å². The zero-order valence-corrected chi connectivity index (χ0v) is 24.0. The second-order valence-corrected chi connectivity index (χ2v) is 12.0.